The largest absolute Gasteiger partial charge is 0.335 e. The molecule has 1 aliphatic carbocycles. The molecule has 0 atom stereocenters. The van der Waals surface area contributed by atoms with Crippen LogP contribution in [0.4, 0.5) is 4.79 Å². The lowest BCUT2D eigenvalue weighted by atomic mass is 9.93. The molecular formula is C7H14N2O. The number of nitrogens with zero attached hydrogens (tertiary/aromatic N) is 1. The molecule has 0 aromatic rings. The highest BCUT2D eigenvalue weighted by molar-refractivity contribution is 5.73. The van der Waals surface area contributed by atoms with E-state index < -0.39 is 0 Å². The van der Waals surface area contributed by atoms with Gasteiger partial charge in [0.25, 0.3) is 0 Å². The number of nitrogens with one attached hydrogen (secondary N) is 1. The topological polar surface area (TPSA) is 32.3 Å². The predicted molar refractivity (Wildman–Crippen MR) is 39.9 cm³/mol. The fourth-order valence-corrected chi connectivity index (χ4v) is 0.856. The summed E-state index contributed by atoms with van der Waals surface area (Å²) in [6, 6.07) is 0.486. The standard InChI is InChI=1S/C7H14N2O/c1-9(2)7(10)8-6-4-3-5-6/h6H,3-5H2,1-2H3,(H,8,10). The summed E-state index contributed by atoms with van der Waals surface area (Å²) in [6.45, 7) is 0. The third-order valence-corrected chi connectivity index (χ3v) is 1.84. The molecule has 0 saturated heterocycles. The molecule has 58 valence electrons. The normalized spacial score (nSPS) is 17.8. The van der Waals surface area contributed by atoms with Gasteiger partial charge in [0, 0.05) is 20.1 Å². The highest BCUT2D eigenvalue weighted by Crippen LogP contribution is 2.17. The lowest BCUT2D eigenvalue weighted by molar-refractivity contribution is 0.205. The monoisotopic (exact) mass is 142 g/mol. The van der Waals surface area contributed by atoms with Crippen LogP contribution < -0.4 is 5.32 Å². The van der Waals surface area contributed by atoms with Crippen LogP contribution in [0.3, 0.4) is 0 Å². The molecule has 0 bridgehead atoms. The molecule has 0 aromatic heterocycles. The summed E-state index contributed by atoms with van der Waals surface area (Å²) in [6.07, 6.45) is 3.57. The number of amides is 2. The number of carbonyl (C=O) groups is 1. The van der Waals surface area contributed by atoms with Crippen molar-refractivity contribution in [3.05, 3.63) is 0 Å². The van der Waals surface area contributed by atoms with Gasteiger partial charge in [-0.1, -0.05) is 0 Å². The van der Waals surface area contributed by atoms with Crippen LogP contribution in [0.1, 0.15) is 19.3 Å². The fraction of sp³-hybridized carbons (Fsp3) is 0.857. The summed E-state index contributed by atoms with van der Waals surface area (Å²) < 4.78 is 0. The molecule has 0 aliphatic heterocycles. The van der Waals surface area contributed by atoms with E-state index in [4.69, 9.17) is 0 Å². The van der Waals surface area contributed by atoms with Gasteiger partial charge in [-0.25, -0.2) is 4.79 Å². The smallest absolute Gasteiger partial charge is 0.317 e. The highest BCUT2D eigenvalue weighted by Gasteiger charge is 2.19. The molecular weight excluding hydrogens is 128 g/mol. The summed E-state index contributed by atoms with van der Waals surface area (Å²) in [5.41, 5.74) is 0. The maximum Gasteiger partial charge on any atom is 0.317 e. The molecule has 0 radical (unpaired) electrons. The molecule has 2 amide bonds. The summed E-state index contributed by atoms with van der Waals surface area (Å²) >= 11 is 0. The Balaban J connectivity index is 2.17. The van der Waals surface area contributed by atoms with Gasteiger partial charge in [-0.3, -0.25) is 0 Å². The summed E-state index contributed by atoms with van der Waals surface area (Å²) in [4.78, 5) is 12.5. The van der Waals surface area contributed by atoms with Gasteiger partial charge < -0.3 is 10.2 Å². The van der Waals surface area contributed by atoms with Crippen molar-refractivity contribution in [2.75, 3.05) is 14.1 Å². The Hall–Kier alpha value is -0.730. The Bertz CT molecular complexity index is 130. The van der Waals surface area contributed by atoms with Crippen LogP contribution in [0.15, 0.2) is 0 Å². The number of hydrogen-bond donors (Lipinski definition) is 1. The van der Waals surface area contributed by atoms with Crippen LogP contribution in [0.2, 0.25) is 0 Å². The zero-order valence-electron chi connectivity index (χ0n) is 6.55. The Morgan fingerprint density at radius 2 is 2.10 bits per heavy atom. The van der Waals surface area contributed by atoms with Gasteiger partial charge in [0.05, 0.1) is 0 Å². The number of carbonyl (C=O) groups excluding carboxylic acids is 1. The van der Waals surface area contributed by atoms with Crippen molar-refractivity contribution in [1.82, 2.24) is 10.2 Å². The zero-order valence-corrected chi connectivity index (χ0v) is 6.55. The summed E-state index contributed by atoms with van der Waals surface area (Å²) in [5.74, 6) is 0. The summed E-state index contributed by atoms with van der Waals surface area (Å²) in [5, 5.41) is 2.90. The Kier molecular flexibility index (Phi) is 2.14. The van der Waals surface area contributed by atoms with Crippen LogP contribution in [0.25, 0.3) is 0 Å². The molecule has 0 aromatic carbocycles. The average molecular weight is 142 g/mol. The molecule has 1 N–H and O–H groups in total. The van der Waals surface area contributed by atoms with Crippen molar-refractivity contribution in [2.45, 2.75) is 25.3 Å². The lowest BCUT2D eigenvalue weighted by Crippen LogP contribution is -2.44. The molecule has 0 unspecified atom stereocenters. The number of hydrogen-bond acceptors (Lipinski definition) is 1. The SMILES string of the molecule is CN(C)C(=O)NC1CCC1. The highest BCUT2D eigenvalue weighted by atomic mass is 16.2. The first-order valence-corrected chi connectivity index (χ1v) is 3.68. The number of urea groups is 1. The van der Waals surface area contributed by atoms with Crippen molar-refractivity contribution in [3.8, 4) is 0 Å². The molecule has 3 nitrogen and oxygen atoms in total. The zero-order chi connectivity index (χ0) is 7.56. The van der Waals surface area contributed by atoms with Crippen LogP contribution in [-0.2, 0) is 0 Å². The molecule has 1 saturated carbocycles. The predicted octanol–water partition coefficient (Wildman–Crippen LogP) is 0.810. The Labute approximate surface area is 61.4 Å². The van der Waals surface area contributed by atoms with Gasteiger partial charge in [-0.2, -0.15) is 0 Å². The minimum atomic E-state index is 0.0321. The van der Waals surface area contributed by atoms with Gasteiger partial charge in [0.2, 0.25) is 0 Å². The van der Waals surface area contributed by atoms with Crippen molar-refractivity contribution in [1.29, 1.82) is 0 Å². The van der Waals surface area contributed by atoms with E-state index in [1.807, 2.05) is 0 Å². The van der Waals surface area contributed by atoms with E-state index in [1.165, 1.54) is 6.42 Å². The second kappa shape index (κ2) is 2.90. The molecule has 1 rings (SSSR count). The average Bonchev–Trinajstić information content (AvgIpc) is 1.77. The van der Waals surface area contributed by atoms with E-state index in [2.05, 4.69) is 5.32 Å². The van der Waals surface area contributed by atoms with Gasteiger partial charge in [0.15, 0.2) is 0 Å². The second-order valence-electron chi connectivity index (χ2n) is 2.97. The lowest BCUT2D eigenvalue weighted by Gasteiger charge is -2.27. The third-order valence-electron chi connectivity index (χ3n) is 1.84. The van der Waals surface area contributed by atoms with E-state index >= 15 is 0 Å². The van der Waals surface area contributed by atoms with Gasteiger partial charge >= 0.3 is 6.03 Å². The van der Waals surface area contributed by atoms with E-state index in [0.717, 1.165) is 12.8 Å². The van der Waals surface area contributed by atoms with Crippen LogP contribution in [0.5, 0.6) is 0 Å². The van der Waals surface area contributed by atoms with Gasteiger partial charge in [-0.05, 0) is 19.3 Å². The first-order valence-electron chi connectivity index (χ1n) is 3.68. The van der Waals surface area contributed by atoms with Crippen LogP contribution >= 0.6 is 0 Å². The fourth-order valence-electron chi connectivity index (χ4n) is 0.856. The minimum Gasteiger partial charge on any atom is -0.335 e. The van der Waals surface area contributed by atoms with Crippen molar-refractivity contribution < 1.29 is 4.79 Å². The molecule has 10 heavy (non-hydrogen) atoms. The van der Waals surface area contributed by atoms with Gasteiger partial charge in [-0.15, -0.1) is 0 Å². The third kappa shape index (κ3) is 1.62. The van der Waals surface area contributed by atoms with Crippen molar-refractivity contribution in [2.24, 2.45) is 0 Å². The Morgan fingerprint density at radius 3 is 2.40 bits per heavy atom. The first kappa shape index (κ1) is 7.38. The van der Waals surface area contributed by atoms with E-state index in [9.17, 15) is 4.79 Å². The van der Waals surface area contributed by atoms with Crippen LogP contribution in [0, 0.1) is 0 Å². The molecule has 1 fully saturated rings. The quantitative estimate of drug-likeness (QED) is 0.577. The van der Waals surface area contributed by atoms with E-state index in [1.54, 1.807) is 19.0 Å². The maximum atomic E-state index is 11.0. The number of rotatable bonds is 1. The molecule has 1 aliphatic rings. The minimum absolute atomic E-state index is 0.0321. The van der Waals surface area contributed by atoms with Crippen molar-refractivity contribution in [3.63, 3.8) is 0 Å². The maximum absolute atomic E-state index is 11.0. The molecule has 0 heterocycles. The van der Waals surface area contributed by atoms with Gasteiger partial charge in [0.1, 0.15) is 0 Å². The van der Waals surface area contributed by atoms with E-state index in [0.29, 0.717) is 6.04 Å². The first-order chi connectivity index (χ1) is 4.70. The molecule has 3 heteroatoms. The summed E-state index contributed by atoms with van der Waals surface area (Å²) in [7, 11) is 3.52. The Morgan fingerprint density at radius 1 is 1.50 bits per heavy atom. The second-order valence-corrected chi connectivity index (χ2v) is 2.97. The van der Waals surface area contributed by atoms with E-state index in [-0.39, 0.29) is 6.03 Å². The van der Waals surface area contributed by atoms with Crippen LogP contribution in [-0.4, -0.2) is 31.1 Å². The molecule has 0 spiro atoms. The van der Waals surface area contributed by atoms with Crippen molar-refractivity contribution >= 4 is 6.03 Å².